The average molecular weight is 1110 g/mol. The van der Waals surface area contributed by atoms with E-state index in [0.717, 1.165) is 123 Å². The molecular formula is C63H57ClN16O2. The lowest BCUT2D eigenvalue weighted by Gasteiger charge is -2.28. The molecule has 0 aliphatic carbocycles. The van der Waals surface area contributed by atoms with Crippen LogP contribution in [-0.4, -0.2) is 104 Å². The number of H-pyrrole nitrogens is 1. The van der Waals surface area contributed by atoms with Crippen molar-refractivity contribution >= 4 is 85.3 Å². The van der Waals surface area contributed by atoms with Gasteiger partial charge in [-0.15, -0.1) is 0 Å². The highest BCUT2D eigenvalue weighted by atomic mass is 35.5. The Kier molecular flexibility index (Phi) is 15.7. The highest BCUT2D eigenvalue weighted by Crippen LogP contribution is 2.32. The van der Waals surface area contributed by atoms with Crippen molar-refractivity contribution in [1.29, 1.82) is 0 Å². The predicted octanol–water partition coefficient (Wildman–Crippen LogP) is 12.6. The molecule has 0 bridgehead atoms. The lowest BCUT2D eigenvalue weighted by atomic mass is 10.1. The smallest absolute Gasteiger partial charge is 0.180 e. The zero-order valence-electron chi connectivity index (χ0n) is 44.8. The quantitative estimate of drug-likeness (QED) is 0.0691. The molecule has 0 spiro atoms. The van der Waals surface area contributed by atoms with Crippen molar-refractivity contribution in [2.75, 3.05) is 71.7 Å². The van der Waals surface area contributed by atoms with Crippen molar-refractivity contribution in [2.24, 2.45) is 0 Å². The van der Waals surface area contributed by atoms with Crippen LogP contribution in [-0.2, 0) is 4.74 Å². The van der Waals surface area contributed by atoms with Crippen LogP contribution in [0.2, 0.25) is 5.02 Å². The number of aliphatic hydroxyl groups excluding tert-OH is 1. The van der Waals surface area contributed by atoms with Crippen LogP contribution in [0.4, 0.5) is 45.9 Å². The summed E-state index contributed by atoms with van der Waals surface area (Å²) in [5.41, 5.74) is 14.0. The number of halogens is 1. The Labute approximate surface area is 477 Å². The van der Waals surface area contributed by atoms with Crippen molar-refractivity contribution in [3.8, 4) is 33.8 Å². The number of imidazole rings is 3. The van der Waals surface area contributed by atoms with Crippen molar-refractivity contribution in [2.45, 2.75) is 6.92 Å². The van der Waals surface area contributed by atoms with E-state index in [1.54, 1.807) is 31.0 Å². The fourth-order valence-electron chi connectivity index (χ4n) is 9.72. The number of anilines is 8. The van der Waals surface area contributed by atoms with E-state index in [1.807, 2.05) is 166 Å². The summed E-state index contributed by atoms with van der Waals surface area (Å²) >= 11 is 6.36. The van der Waals surface area contributed by atoms with Crippen LogP contribution < -0.4 is 25.8 Å². The third-order valence-corrected chi connectivity index (χ3v) is 14.2. The van der Waals surface area contributed by atoms with Crippen LogP contribution in [0.15, 0.2) is 214 Å². The standard InChI is InChI=1S/C22H23N5O.C21H20N6O.C20H14ClN5/c1-2-26(14-15-28)19-10-8-18(9-11-19)24-21-22-23-12-13-27(22)16-20(25-21)17-6-4-3-5-7-17;1-3-18(26-11-13-28-14-12-26)4-2-17(1)24-20-21-23-9-10-27(21)15-19(25-20)16-5-7-22-8-6-16;21-16-4-2-1-3-15(16)18-12-26-10-9-23-20(26)19(25-18)24-14-5-6-17-13(11-14)7-8-22-17/h3-13,16,28H,2,14-15H2,1H3,(H,24,25);1-10,15H,11-14H2,(H,24,25);1-12,22H,(H,24,25). The van der Waals surface area contributed by atoms with Crippen molar-refractivity contribution < 1.29 is 9.84 Å². The Balaban J connectivity index is 0.000000122. The monoisotopic (exact) mass is 1100 g/mol. The van der Waals surface area contributed by atoms with Gasteiger partial charge in [0.2, 0.25) is 0 Å². The number of morpholine rings is 1. The summed E-state index contributed by atoms with van der Waals surface area (Å²) in [5.74, 6) is 2.11. The number of nitrogens with one attached hydrogen (secondary N) is 4. The van der Waals surface area contributed by atoms with Crippen LogP contribution in [0.25, 0.3) is 61.6 Å². The van der Waals surface area contributed by atoms with E-state index in [0.29, 0.717) is 23.2 Å². The molecule has 5 N–H and O–H groups in total. The maximum atomic E-state index is 9.21. The summed E-state index contributed by atoms with van der Waals surface area (Å²) in [6.07, 6.45) is 22.4. The third-order valence-electron chi connectivity index (χ3n) is 13.9. The molecule has 0 unspecified atom stereocenters. The first kappa shape index (κ1) is 52.6. The predicted molar refractivity (Wildman–Crippen MR) is 327 cm³/mol. The van der Waals surface area contributed by atoms with Crippen LogP contribution in [0.5, 0.6) is 0 Å². The van der Waals surface area contributed by atoms with E-state index in [2.05, 4.69) is 87.9 Å². The number of aromatic nitrogens is 11. The van der Waals surface area contributed by atoms with Gasteiger partial charge < -0.3 is 53.8 Å². The van der Waals surface area contributed by atoms with Gasteiger partial charge in [-0.05, 0) is 97.9 Å². The first-order chi connectivity index (χ1) is 40.4. The lowest BCUT2D eigenvalue weighted by Crippen LogP contribution is -2.36. The minimum atomic E-state index is 0.141. The van der Waals surface area contributed by atoms with Gasteiger partial charge in [-0.25, -0.2) is 29.9 Å². The highest BCUT2D eigenvalue weighted by Gasteiger charge is 2.16. The first-order valence-electron chi connectivity index (χ1n) is 26.9. The van der Waals surface area contributed by atoms with E-state index in [9.17, 15) is 5.11 Å². The normalized spacial score (nSPS) is 12.2. The SMILES string of the molecule is CCN(CCO)c1ccc(Nc2nc(-c3ccccc3)cn3ccnc23)cc1.Clc1ccccc1-c1cn2ccnc2c(Nc2ccc3[nH]ccc3c2)n1.c1cc(-c2cn3ccnc3c(Nc3ccc(N4CCOCC4)cc3)n2)ccn1. The molecule has 1 aliphatic rings. The molecule has 0 saturated carbocycles. The van der Waals surface area contributed by atoms with Gasteiger partial charge in [0.25, 0.3) is 0 Å². The fraction of sp³-hybridized carbons (Fsp3) is 0.127. The van der Waals surface area contributed by atoms with Gasteiger partial charge in [-0.3, -0.25) is 4.98 Å². The van der Waals surface area contributed by atoms with E-state index in [4.69, 9.17) is 31.3 Å². The van der Waals surface area contributed by atoms with Crippen LogP contribution in [0, 0.1) is 0 Å². The molecule has 13 aromatic rings. The van der Waals surface area contributed by atoms with Crippen LogP contribution in [0.1, 0.15) is 6.92 Å². The Hall–Kier alpha value is -10.1. The Morgan fingerprint density at radius 3 is 1.72 bits per heavy atom. The summed E-state index contributed by atoms with van der Waals surface area (Å²) in [7, 11) is 0. The maximum absolute atomic E-state index is 9.21. The topological polar surface area (TPSA) is 191 Å². The van der Waals surface area contributed by atoms with Crippen LogP contribution in [0.3, 0.4) is 0 Å². The lowest BCUT2D eigenvalue weighted by molar-refractivity contribution is 0.122. The molecule has 1 saturated heterocycles. The van der Waals surface area contributed by atoms with Gasteiger partial charge in [0.05, 0.1) is 41.9 Å². The number of hydrogen-bond donors (Lipinski definition) is 5. The van der Waals surface area contributed by atoms with E-state index >= 15 is 0 Å². The molecule has 18 nitrogen and oxygen atoms in total. The van der Waals surface area contributed by atoms with Crippen molar-refractivity contribution in [3.05, 3.63) is 219 Å². The number of nitrogens with zero attached hydrogens (tertiary/aromatic N) is 12. The van der Waals surface area contributed by atoms with E-state index < -0.39 is 0 Å². The number of benzene rings is 5. The molecule has 0 amide bonds. The number of rotatable bonds is 14. The van der Waals surface area contributed by atoms with Crippen LogP contribution >= 0.6 is 11.6 Å². The second-order valence-electron chi connectivity index (χ2n) is 19.1. The minimum Gasteiger partial charge on any atom is -0.395 e. The molecule has 0 radical (unpaired) electrons. The summed E-state index contributed by atoms with van der Waals surface area (Å²) in [5, 5.41) is 21.2. The molecule has 14 rings (SSSR count). The molecule has 1 fully saturated rings. The second kappa shape index (κ2) is 24.5. The Morgan fingerprint density at radius 2 is 1.12 bits per heavy atom. The molecule has 9 heterocycles. The number of fused-ring (bicyclic) bond motifs is 4. The van der Waals surface area contributed by atoms with Gasteiger partial charge in [-0.2, -0.15) is 0 Å². The minimum absolute atomic E-state index is 0.141. The summed E-state index contributed by atoms with van der Waals surface area (Å²) in [4.78, 5) is 39.4. The summed E-state index contributed by atoms with van der Waals surface area (Å²) < 4.78 is 11.3. The van der Waals surface area contributed by atoms with E-state index in [1.165, 1.54) is 5.69 Å². The zero-order chi connectivity index (χ0) is 55.6. The number of likely N-dealkylation sites (N-methyl/N-ethyl adjacent to an activating group) is 1. The molecule has 82 heavy (non-hydrogen) atoms. The molecule has 0 atom stereocenters. The number of ether oxygens (including phenoxy) is 1. The van der Waals surface area contributed by atoms with Gasteiger partial charge in [0.15, 0.2) is 34.4 Å². The average Bonchev–Trinajstić information content (AvgIpc) is 4.54. The van der Waals surface area contributed by atoms with E-state index in [-0.39, 0.29) is 6.61 Å². The molecular weight excluding hydrogens is 1050 g/mol. The largest absolute Gasteiger partial charge is 0.395 e. The maximum Gasteiger partial charge on any atom is 0.180 e. The van der Waals surface area contributed by atoms with Gasteiger partial charge in [0.1, 0.15) is 0 Å². The second-order valence-corrected chi connectivity index (χ2v) is 19.5. The van der Waals surface area contributed by atoms with Gasteiger partial charge >= 0.3 is 0 Å². The molecule has 408 valence electrons. The molecule has 8 aromatic heterocycles. The number of hydrogen-bond acceptors (Lipinski definition) is 14. The highest BCUT2D eigenvalue weighted by molar-refractivity contribution is 6.33. The zero-order valence-corrected chi connectivity index (χ0v) is 45.5. The van der Waals surface area contributed by atoms with Gasteiger partial charge in [-0.1, -0.05) is 60.1 Å². The molecule has 5 aromatic carbocycles. The number of aliphatic hydroxyl groups is 1. The molecule has 1 aliphatic heterocycles. The summed E-state index contributed by atoms with van der Waals surface area (Å²) in [6, 6.07) is 46.4. The van der Waals surface area contributed by atoms with Crippen molar-refractivity contribution in [3.63, 3.8) is 0 Å². The number of pyridine rings is 1. The number of aromatic amines is 1. The third kappa shape index (κ3) is 11.9. The fourth-order valence-corrected chi connectivity index (χ4v) is 9.95. The Bertz CT molecular complexity index is 4050. The van der Waals surface area contributed by atoms with Gasteiger partial charge in [0, 0.05) is 157 Å². The first-order valence-corrected chi connectivity index (χ1v) is 27.3. The Morgan fingerprint density at radius 1 is 0.585 bits per heavy atom. The summed E-state index contributed by atoms with van der Waals surface area (Å²) in [6.45, 7) is 7.11. The van der Waals surface area contributed by atoms with Crippen molar-refractivity contribution in [1.82, 2.24) is 53.1 Å². The molecule has 19 heteroatoms.